The topological polar surface area (TPSA) is 70.8 Å². The maximum atomic E-state index is 11.2. The predicted octanol–water partition coefficient (Wildman–Crippen LogP) is 4.21. The van der Waals surface area contributed by atoms with Crippen LogP contribution in [-0.4, -0.2) is 31.8 Å². The number of aromatic nitrogens is 1. The number of fused-ring (bicyclic) bond motifs is 2. The Morgan fingerprint density at radius 1 is 0.963 bits per heavy atom. The summed E-state index contributed by atoms with van der Waals surface area (Å²) < 4.78 is 21.1. The minimum Gasteiger partial charge on any atom is -0.497 e. The summed E-state index contributed by atoms with van der Waals surface area (Å²) in [5.74, 6) is 1.46. The van der Waals surface area contributed by atoms with Gasteiger partial charge in [0.05, 0.1) is 14.2 Å². The molecule has 0 saturated carbocycles. The molecule has 3 aromatic carbocycles. The lowest BCUT2D eigenvalue weighted by atomic mass is 10.1. The standard InChI is InChI=1S/C21H17NO5/c1-24-16-7-8-18-19(11-16)27-21(22-18)15-4-3-14-10-17(6-5-13(14)9-15)26-12-20(23)25-2/h3-11H,12H2,1-2H3. The second kappa shape index (κ2) is 6.99. The van der Waals surface area contributed by atoms with Crippen molar-refractivity contribution in [2.75, 3.05) is 20.8 Å². The van der Waals surface area contributed by atoms with Crippen LogP contribution in [-0.2, 0) is 9.53 Å². The van der Waals surface area contributed by atoms with Gasteiger partial charge >= 0.3 is 5.97 Å². The molecule has 27 heavy (non-hydrogen) atoms. The fourth-order valence-electron chi connectivity index (χ4n) is 2.80. The van der Waals surface area contributed by atoms with Crippen molar-refractivity contribution in [1.82, 2.24) is 4.98 Å². The van der Waals surface area contributed by atoms with Crippen LogP contribution >= 0.6 is 0 Å². The minimum atomic E-state index is -0.418. The molecule has 0 aliphatic carbocycles. The Labute approximate surface area is 155 Å². The molecule has 0 bridgehead atoms. The molecule has 0 radical (unpaired) electrons. The molecule has 0 fully saturated rings. The van der Waals surface area contributed by atoms with Crippen molar-refractivity contribution in [2.45, 2.75) is 0 Å². The SMILES string of the molecule is COC(=O)COc1ccc2cc(-c3nc4ccc(OC)cc4o3)ccc2c1. The number of ether oxygens (including phenoxy) is 3. The van der Waals surface area contributed by atoms with Crippen molar-refractivity contribution in [1.29, 1.82) is 0 Å². The Morgan fingerprint density at radius 2 is 1.74 bits per heavy atom. The lowest BCUT2D eigenvalue weighted by molar-refractivity contribution is -0.142. The van der Waals surface area contributed by atoms with E-state index < -0.39 is 5.97 Å². The van der Waals surface area contributed by atoms with Gasteiger partial charge in [-0.15, -0.1) is 0 Å². The monoisotopic (exact) mass is 363 g/mol. The van der Waals surface area contributed by atoms with Crippen molar-refractivity contribution < 1.29 is 23.4 Å². The number of esters is 1. The van der Waals surface area contributed by atoms with Gasteiger partial charge in [0.25, 0.3) is 0 Å². The second-order valence-electron chi connectivity index (χ2n) is 5.94. The van der Waals surface area contributed by atoms with E-state index in [1.54, 1.807) is 7.11 Å². The zero-order valence-corrected chi connectivity index (χ0v) is 14.9. The number of nitrogens with zero attached hydrogens (tertiary/aromatic N) is 1. The molecule has 4 aromatic rings. The molecule has 0 saturated heterocycles. The van der Waals surface area contributed by atoms with Crippen molar-refractivity contribution in [3.8, 4) is 23.0 Å². The lowest BCUT2D eigenvalue weighted by Crippen LogP contribution is -2.12. The first-order chi connectivity index (χ1) is 13.2. The number of hydrogen-bond donors (Lipinski definition) is 0. The molecule has 0 aliphatic heterocycles. The number of hydrogen-bond acceptors (Lipinski definition) is 6. The molecule has 1 heterocycles. The number of benzene rings is 3. The van der Waals surface area contributed by atoms with E-state index in [0.29, 0.717) is 17.2 Å². The van der Waals surface area contributed by atoms with Gasteiger partial charge in [-0.05, 0) is 47.2 Å². The van der Waals surface area contributed by atoms with Crippen LogP contribution in [0, 0.1) is 0 Å². The van der Waals surface area contributed by atoms with E-state index in [-0.39, 0.29) is 6.61 Å². The molecule has 0 aliphatic rings. The van der Waals surface area contributed by atoms with E-state index >= 15 is 0 Å². The molecule has 6 nitrogen and oxygen atoms in total. The maximum Gasteiger partial charge on any atom is 0.343 e. The van der Waals surface area contributed by atoms with Gasteiger partial charge in [0.1, 0.15) is 17.0 Å². The molecule has 0 atom stereocenters. The summed E-state index contributed by atoms with van der Waals surface area (Å²) in [6, 6.07) is 17.1. The van der Waals surface area contributed by atoms with Crippen LogP contribution in [0.3, 0.4) is 0 Å². The molecule has 0 amide bonds. The van der Waals surface area contributed by atoms with E-state index in [1.807, 2.05) is 54.6 Å². The van der Waals surface area contributed by atoms with Gasteiger partial charge < -0.3 is 18.6 Å². The number of methoxy groups -OCH3 is 2. The quantitative estimate of drug-likeness (QED) is 0.495. The van der Waals surface area contributed by atoms with Gasteiger partial charge in [0, 0.05) is 11.6 Å². The molecular formula is C21H17NO5. The van der Waals surface area contributed by atoms with Gasteiger partial charge in [-0.25, -0.2) is 9.78 Å². The molecule has 136 valence electrons. The smallest absolute Gasteiger partial charge is 0.343 e. The molecule has 4 rings (SSSR count). The van der Waals surface area contributed by atoms with E-state index in [0.717, 1.165) is 27.6 Å². The second-order valence-corrected chi connectivity index (χ2v) is 5.94. The van der Waals surface area contributed by atoms with Gasteiger partial charge in [-0.3, -0.25) is 0 Å². The van der Waals surface area contributed by atoms with Crippen LogP contribution in [0.2, 0.25) is 0 Å². The van der Waals surface area contributed by atoms with Gasteiger partial charge in [0.2, 0.25) is 5.89 Å². The summed E-state index contributed by atoms with van der Waals surface area (Å²) >= 11 is 0. The summed E-state index contributed by atoms with van der Waals surface area (Å²) in [4.78, 5) is 15.7. The normalized spacial score (nSPS) is 10.9. The summed E-state index contributed by atoms with van der Waals surface area (Å²) in [7, 11) is 2.95. The van der Waals surface area contributed by atoms with Crippen LogP contribution in [0.15, 0.2) is 59.0 Å². The minimum absolute atomic E-state index is 0.119. The highest BCUT2D eigenvalue weighted by Gasteiger charge is 2.10. The van der Waals surface area contributed by atoms with Crippen LogP contribution in [0.1, 0.15) is 0 Å². The highest BCUT2D eigenvalue weighted by molar-refractivity contribution is 5.88. The first kappa shape index (κ1) is 16.9. The summed E-state index contributed by atoms with van der Waals surface area (Å²) in [6.07, 6.45) is 0. The Hall–Kier alpha value is -3.54. The molecule has 1 aromatic heterocycles. The maximum absolute atomic E-state index is 11.2. The summed E-state index contributed by atoms with van der Waals surface area (Å²) in [6.45, 7) is -0.119. The first-order valence-corrected chi connectivity index (χ1v) is 8.34. The van der Waals surface area contributed by atoms with E-state index in [2.05, 4.69) is 9.72 Å². The zero-order valence-electron chi connectivity index (χ0n) is 14.9. The molecule has 6 heteroatoms. The Kier molecular flexibility index (Phi) is 4.38. The van der Waals surface area contributed by atoms with E-state index in [9.17, 15) is 4.79 Å². The highest BCUT2D eigenvalue weighted by Crippen LogP contribution is 2.30. The van der Waals surface area contributed by atoms with E-state index in [1.165, 1.54) is 7.11 Å². The van der Waals surface area contributed by atoms with Crippen molar-refractivity contribution >= 4 is 27.8 Å². The third-order valence-electron chi connectivity index (χ3n) is 4.24. The van der Waals surface area contributed by atoms with Crippen molar-refractivity contribution in [3.05, 3.63) is 54.6 Å². The molecule has 0 N–H and O–H groups in total. The Balaban J connectivity index is 1.64. The number of oxazole rings is 1. The zero-order chi connectivity index (χ0) is 18.8. The Bertz CT molecular complexity index is 1130. The molecule has 0 spiro atoms. The van der Waals surface area contributed by atoms with E-state index in [4.69, 9.17) is 13.9 Å². The van der Waals surface area contributed by atoms with Crippen LogP contribution in [0.4, 0.5) is 0 Å². The first-order valence-electron chi connectivity index (χ1n) is 8.34. The van der Waals surface area contributed by atoms with Crippen LogP contribution in [0.5, 0.6) is 11.5 Å². The molecular weight excluding hydrogens is 346 g/mol. The molecule has 0 unspecified atom stereocenters. The van der Waals surface area contributed by atoms with Crippen LogP contribution < -0.4 is 9.47 Å². The van der Waals surface area contributed by atoms with Crippen molar-refractivity contribution in [3.63, 3.8) is 0 Å². The fraction of sp³-hybridized carbons (Fsp3) is 0.143. The lowest BCUT2D eigenvalue weighted by Gasteiger charge is -2.06. The van der Waals surface area contributed by atoms with Crippen molar-refractivity contribution in [2.24, 2.45) is 0 Å². The predicted molar refractivity (Wildman–Crippen MR) is 101 cm³/mol. The summed E-state index contributed by atoms with van der Waals surface area (Å²) in [5, 5.41) is 2.00. The average Bonchev–Trinajstić information content (AvgIpc) is 3.14. The van der Waals surface area contributed by atoms with Gasteiger partial charge in [-0.1, -0.05) is 12.1 Å². The Morgan fingerprint density at radius 3 is 2.56 bits per heavy atom. The third-order valence-corrected chi connectivity index (χ3v) is 4.24. The fourth-order valence-corrected chi connectivity index (χ4v) is 2.80. The van der Waals surface area contributed by atoms with Gasteiger partial charge in [-0.2, -0.15) is 0 Å². The number of rotatable bonds is 5. The average molecular weight is 363 g/mol. The van der Waals surface area contributed by atoms with Gasteiger partial charge in [0.15, 0.2) is 12.2 Å². The largest absolute Gasteiger partial charge is 0.497 e. The number of carbonyl (C=O) groups excluding carboxylic acids is 1. The van der Waals surface area contributed by atoms with Crippen LogP contribution in [0.25, 0.3) is 33.3 Å². The third kappa shape index (κ3) is 3.42. The number of carbonyl (C=O) groups is 1. The highest BCUT2D eigenvalue weighted by atomic mass is 16.6. The summed E-state index contributed by atoms with van der Waals surface area (Å²) in [5.41, 5.74) is 2.33.